The molecule has 0 bridgehead atoms. The fourth-order valence-electron chi connectivity index (χ4n) is 9.18. The van der Waals surface area contributed by atoms with Gasteiger partial charge < -0.3 is 35.1 Å². The third-order valence-electron chi connectivity index (χ3n) is 13.8. The molecule has 11 nitrogen and oxygen atoms in total. The van der Waals surface area contributed by atoms with Crippen LogP contribution in [0, 0.1) is 0 Å². The summed E-state index contributed by atoms with van der Waals surface area (Å²) in [6, 6.07) is 22.8. The summed E-state index contributed by atoms with van der Waals surface area (Å²) >= 11 is 0. The fourth-order valence-corrected chi connectivity index (χ4v) is 9.18. The number of carbonyl (C=O) groups excluding carboxylic acids is 3. The van der Waals surface area contributed by atoms with Gasteiger partial charge in [0.15, 0.2) is 19.8 Å². The molecule has 0 aliphatic heterocycles. The minimum absolute atomic E-state index is 0.0419. The third-order valence-corrected chi connectivity index (χ3v) is 13.8. The Labute approximate surface area is 447 Å². The fraction of sp³-hybridized carbons (Fsp3) is 0.619. The molecule has 1 heterocycles. The van der Waals surface area contributed by atoms with Crippen LogP contribution in [0.2, 0.25) is 0 Å². The van der Waals surface area contributed by atoms with Gasteiger partial charge in [0, 0.05) is 36.3 Å². The van der Waals surface area contributed by atoms with Crippen molar-refractivity contribution in [1.29, 1.82) is 0 Å². The molecule has 3 aromatic carbocycles. The molecule has 4 N–H and O–H groups in total. The average molecular weight is 1020 g/mol. The van der Waals surface area contributed by atoms with Crippen molar-refractivity contribution in [3.8, 4) is 51.2 Å². The van der Waals surface area contributed by atoms with E-state index in [2.05, 4.69) is 41.7 Å². The van der Waals surface area contributed by atoms with Crippen molar-refractivity contribution in [3.63, 3.8) is 0 Å². The number of aromatic nitrogens is 2. The number of imidazole rings is 1. The van der Waals surface area contributed by atoms with Gasteiger partial charge in [-0.05, 0) is 92.1 Å². The van der Waals surface area contributed by atoms with Gasteiger partial charge in [-0.25, -0.2) is 4.98 Å². The number of nitrogens with one attached hydrogen (secondary N) is 4. The topological polar surface area (TPSA) is 144 Å². The van der Waals surface area contributed by atoms with E-state index in [0.29, 0.717) is 42.7 Å². The number of nitrogens with zero attached hydrogens (tertiary/aromatic N) is 1. The second kappa shape index (κ2) is 40.1. The first-order valence-corrected chi connectivity index (χ1v) is 29.5. The van der Waals surface area contributed by atoms with Gasteiger partial charge in [-0.15, -0.1) is 0 Å². The predicted molar refractivity (Wildman–Crippen MR) is 306 cm³/mol. The summed E-state index contributed by atoms with van der Waals surface area (Å²) in [6.45, 7) is 8.62. The van der Waals surface area contributed by atoms with Gasteiger partial charge in [-0.2, -0.15) is 0 Å². The molecular formula is C63H97N5O6. The minimum Gasteiger partial charge on any atom is -0.484 e. The van der Waals surface area contributed by atoms with Crippen molar-refractivity contribution in [1.82, 2.24) is 25.9 Å². The zero-order valence-electron chi connectivity index (χ0n) is 46.3. The lowest BCUT2D eigenvalue weighted by Gasteiger charge is -2.10. The smallest absolute Gasteiger partial charge is 0.257 e. The summed E-state index contributed by atoms with van der Waals surface area (Å²) in [6.07, 6.45) is 37.7. The number of amides is 3. The SMILES string of the molecule is CCCCCCCCCCCCNC(=O)COc1ccc(-c2nc(-c3ccc(OCC(=O)NCCCCCCCCCCCC)cc3)c(-c3ccc(OCC(=O)NCCCCCCCCCCCC)cc3)[nH]2)cc1. The van der Waals surface area contributed by atoms with Crippen LogP contribution in [0.25, 0.3) is 33.9 Å². The lowest BCUT2D eigenvalue weighted by atomic mass is 10.0. The molecule has 0 atom stereocenters. The van der Waals surface area contributed by atoms with E-state index in [1.807, 2.05) is 72.8 Å². The Balaban J connectivity index is 1.29. The summed E-state index contributed by atoms with van der Waals surface area (Å²) in [5.41, 5.74) is 4.14. The van der Waals surface area contributed by atoms with Crippen LogP contribution >= 0.6 is 0 Å². The van der Waals surface area contributed by atoms with Crippen LogP contribution in [-0.2, 0) is 14.4 Å². The average Bonchev–Trinajstić information content (AvgIpc) is 3.87. The van der Waals surface area contributed by atoms with Gasteiger partial charge in [0.05, 0.1) is 11.4 Å². The van der Waals surface area contributed by atoms with E-state index in [-0.39, 0.29) is 37.5 Å². The molecule has 0 saturated carbocycles. The molecule has 0 aliphatic carbocycles. The maximum absolute atomic E-state index is 12.6. The van der Waals surface area contributed by atoms with Gasteiger partial charge >= 0.3 is 0 Å². The zero-order chi connectivity index (χ0) is 52.5. The highest BCUT2D eigenvalue weighted by Gasteiger charge is 2.17. The minimum atomic E-state index is -0.124. The predicted octanol–water partition coefficient (Wildman–Crippen LogP) is 15.7. The second-order valence-electron chi connectivity index (χ2n) is 20.3. The van der Waals surface area contributed by atoms with Gasteiger partial charge in [-0.3, -0.25) is 14.4 Å². The molecule has 4 rings (SSSR count). The number of benzene rings is 3. The summed E-state index contributed by atoms with van der Waals surface area (Å²) in [7, 11) is 0. The van der Waals surface area contributed by atoms with Crippen molar-refractivity contribution in [2.24, 2.45) is 0 Å². The molecule has 74 heavy (non-hydrogen) atoms. The van der Waals surface area contributed by atoms with E-state index < -0.39 is 0 Å². The molecule has 3 amide bonds. The third kappa shape index (κ3) is 27.3. The van der Waals surface area contributed by atoms with Crippen molar-refractivity contribution < 1.29 is 28.6 Å². The Bertz CT molecular complexity index is 1950. The summed E-state index contributed by atoms with van der Waals surface area (Å²) < 4.78 is 17.6. The van der Waals surface area contributed by atoms with Crippen molar-refractivity contribution >= 4 is 17.7 Å². The lowest BCUT2D eigenvalue weighted by Crippen LogP contribution is -2.29. The summed E-state index contributed by atoms with van der Waals surface area (Å²) in [5.74, 6) is 2.08. The molecule has 1 aromatic heterocycles. The molecule has 410 valence electrons. The number of ether oxygens (including phenoxy) is 3. The first-order valence-electron chi connectivity index (χ1n) is 29.5. The highest BCUT2D eigenvalue weighted by molar-refractivity contribution is 5.82. The molecule has 0 fully saturated rings. The number of carbonyl (C=O) groups is 3. The molecular weight excluding hydrogens is 923 g/mol. The highest BCUT2D eigenvalue weighted by Crippen LogP contribution is 2.35. The number of hydrogen-bond donors (Lipinski definition) is 4. The van der Waals surface area contributed by atoms with E-state index >= 15 is 0 Å². The maximum atomic E-state index is 12.6. The molecule has 0 radical (unpaired) electrons. The van der Waals surface area contributed by atoms with Gasteiger partial charge in [0.2, 0.25) is 0 Å². The quantitative estimate of drug-likeness (QED) is 0.0323. The van der Waals surface area contributed by atoms with Crippen LogP contribution in [0.3, 0.4) is 0 Å². The van der Waals surface area contributed by atoms with Gasteiger partial charge in [-0.1, -0.05) is 194 Å². The molecule has 0 unspecified atom stereocenters. The number of aromatic amines is 1. The lowest BCUT2D eigenvalue weighted by molar-refractivity contribution is -0.123. The zero-order valence-corrected chi connectivity index (χ0v) is 46.3. The summed E-state index contributed by atoms with van der Waals surface area (Å²) in [4.78, 5) is 46.4. The van der Waals surface area contributed by atoms with Crippen molar-refractivity contribution in [2.75, 3.05) is 39.5 Å². The number of H-pyrrole nitrogens is 1. The number of hydrogen-bond acceptors (Lipinski definition) is 7. The Kier molecular flexibility index (Phi) is 33.1. The van der Waals surface area contributed by atoms with Crippen molar-refractivity contribution in [2.45, 2.75) is 213 Å². The molecule has 4 aromatic rings. The highest BCUT2D eigenvalue weighted by atomic mass is 16.5. The van der Waals surface area contributed by atoms with E-state index in [0.717, 1.165) is 66.6 Å². The van der Waals surface area contributed by atoms with Crippen LogP contribution in [0.4, 0.5) is 0 Å². The first-order chi connectivity index (χ1) is 36.4. The first kappa shape index (κ1) is 61.2. The number of rotatable bonds is 45. The molecule has 11 heteroatoms. The van der Waals surface area contributed by atoms with E-state index in [4.69, 9.17) is 19.2 Å². The van der Waals surface area contributed by atoms with Crippen LogP contribution in [0.5, 0.6) is 17.2 Å². The molecule has 0 saturated heterocycles. The normalized spacial score (nSPS) is 11.1. The van der Waals surface area contributed by atoms with Gasteiger partial charge in [0.25, 0.3) is 17.7 Å². The van der Waals surface area contributed by atoms with Crippen molar-refractivity contribution in [3.05, 3.63) is 72.8 Å². The second-order valence-corrected chi connectivity index (χ2v) is 20.3. The largest absolute Gasteiger partial charge is 0.484 e. The summed E-state index contributed by atoms with van der Waals surface area (Å²) in [5, 5.41) is 9.00. The molecule has 0 spiro atoms. The standard InChI is InChI=1S/C63H97N5O6/c1-4-7-10-13-16-19-22-25-28-31-46-64-58(69)49-72-55-40-34-52(35-41-55)61-62(53-36-42-56(43-37-53)73-50-59(70)65-47-32-29-26-23-20-17-14-11-8-5-2)68-63(67-61)54-38-44-57(45-39-54)74-51-60(71)66-48-33-30-27-24-21-18-15-12-9-6-3/h34-45H,4-33,46-51H2,1-3H3,(H,64,69)(H,65,70)(H,66,71)(H,67,68). The Morgan fingerprint density at radius 2 is 0.635 bits per heavy atom. The van der Waals surface area contributed by atoms with E-state index in [1.165, 1.54) is 154 Å². The number of unbranched alkanes of at least 4 members (excludes halogenated alkanes) is 27. The Hall–Kier alpha value is -5.32. The Morgan fingerprint density at radius 3 is 0.946 bits per heavy atom. The monoisotopic (exact) mass is 1020 g/mol. The van der Waals surface area contributed by atoms with Crippen LogP contribution < -0.4 is 30.2 Å². The van der Waals surface area contributed by atoms with Crippen LogP contribution in [0.1, 0.15) is 213 Å². The van der Waals surface area contributed by atoms with E-state index in [1.54, 1.807) is 0 Å². The van der Waals surface area contributed by atoms with E-state index in [9.17, 15) is 14.4 Å². The molecule has 0 aliphatic rings. The van der Waals surface area contributed by atoms with Crippen LogP contribution in [0.15, 0.2) is 72.8 Å². The van der Waals surface area contributed by atoms with Gasteiger partial charge in [0.1, 0.15) is 23.1 Å². The Morgan fingerprint density at radius 1 is 0.365 bits per heavy atom. The maximum Gasteiger partial charge on any atom is 0.257 e. The van der Waals surface area contributed by atoms with Crippen LogP contribution in [-0.4, -0.2) is 67.1 Å².